The highest BCUT2D eigenvalue weighted by atomic mass is 19.1. The van der Waals surface area contributed by atoms with Crippen LogP contribution < -0.4 is 5.32 Å². The number of aromatic nitrogens is 4. The van der Waals surface area contributed by atoms with Crippen LogP contribution in [-0.2, 0) is 6.54 Å². The molecular weight excluding hydrogens is 369 g/mol. The summed E-state index contributed by atoms with van der Waals surface area (Å²) >= 11 is 0. The highest BCUT2D eigenvalue weighted by Crippen LogP contribution is 2.24. The fourth-order valence-corrected chi connectivity index (χ4v) is 3.40. The minimum absolute atomic E-state index is 0.326. The molecule has 0 fully saturated rings. The van der Waals surface area contributed by atoms with E-state index in [-0.39, 0.29) is 5.91 Å². The Bertz CT molecular complexity index is 1340. The van der Waals surface area contributed by atoms with Crippen molar-refractivity contribution >= 4 is 28.1 Å². The molecule has 0 saturated carbocycles. The summed E-state index contributed by atoms with van der Waals surface area (Å²) in [7, 11) is 0. The number of fused-ring (bicyclic) bond motifs is 2. The standard InChI is InChI=1S/C22H16FN5O/c23-16-9-10-27-20(13-24-21(27)11-16)22(29)26-18-7-4-8-19-17(18)12-25-28(19)14-15-5-2-1-3-6-15/h1-13H,14H2,(H,26,29). The summed E-state index contributed by atoms with van der Waals surface area (Å²) in [5.41, 5.74) is 3.43. The first-order valence-electron chi connectivity index (χ1n) is 9.11. The highest BCUT2D eigenvalue weighted by molar-refractivity contribution is 6.08. The molecule has 0 unspecified atom stereocenters. The van der Waals surface area contributed by atoms with Crippen LogP contribution in [0, 0.1) is 5.82 Å². The van der Waals surface area contributed by atoms with E-state index in [2.05, 4.69) is 15.4 Å². The number of imidazole rings is 1. The molecule has 0 atom stereocenters. The van der Waals surface area contributed by atoms with E-state index in [1.54, 1.807) is 10.6 Å². The van der Waals surface area contributed by atoms with E-state index < -0.39 is 5.82 Å². The molecule has 0 radical (unpaired) electrons. The molecule has 142 valence electrons. The van der Waals surface area contributed by atoms with Crippen molar-refractivity contribution in [2.24, 2.45) is 0 Å². The number of hydrogen-bond donors (Lipinski definition) is 1. The van der Waals surface area contributed by atoms with E-state index in [0.29, 0.717) is 23.6 Å². The summed E-state index contributed by atoms with van der Waals surface area (Å²) < 4.78 is 16.8. The van der Waals surface area contributed by atoms with Crippen LogP contribution in [0.2, 0.25) is 0 Å². The zero-order valence-corrected chi connectivity index (χ0v) is 15.3. The SMILES string of the molecule is O=C(Nc1cccc2c1cnn2Cc1ccccc1)c1cnc2cc(F)ccn12. The first-order valence-corrected chi connectivity index (χ1v) is 9.11. The Morgan fingerprint density at radius 1 is 1.03 bits per heavy atom. The average molecular weight is 385 g/mol. The zero-order chi connectivity index (χ0) is 19.8. The second-order valence-corrected chi connectivity index (χ2v) is 6.70. The molecule has 0 aliphatic rings. The summed E-state index contributed by atoms with van der Waals surface area (Å²) in [6.07, 6.45) is 4.67. The smallest absolute Gasteiger partial charge is 0.274 e. The van der Waals surface area contributed by atoms with E-state index in [4.69, 9.17) is 0 Å². The lowest BCUT2D eigenvalue weighted by Crippen LogP contribution is -2.14. The van der Waals surface area contributed by atoms with Crippen molar-refractivity contribution in [3.05, 3.63) is 96.3 Å². The summed E-state index contributed by atoms with van der Waals surface area (Å²) in [5, 5.41) is 8.26. The maximum absolute atomic E-state index is 13.4. The Labute approximate surface area is 165 Å². The molecule has 0 saturated heterocycles. The van der Waals surface area contributed by atoms with Crippen LogP contribution in [0.25, 0.3) is 16.6 Å². The van der Waals surface area contributed by atoms with Crippen LogP contribution >= 0.6 is 0 Å². The first kappa shape index (κ1) is 17.1. The van der Waals surface area contributed by atoms with Gasteiger partial charge in [-0.05, 0) is 23.8 Å². The van der Waals surface area contributed by atoms with Gasteiger partial charge >= 0.3 is 0 Å². The fraction of sp³-hybridized carbons (Fsp3) is 0.0455. The molecule has 6 nitrogen and oxygen atoms in total. The number of halogens is 1. The number of carbonyl (C=O) groups excluding carboxylic acids is 1. The van der Waals surface area contributed by atoms with Gasteiger partial charge in [-0.15, -0.1) is 0 Å². The molecule has 0 aliphatic carbocycles. The van der Waals surface area contributed by atoms with E-state index >= 15 is 0 Å². The largest absolute Gasteiger partial charge is 0.320 e. The van der Waals surface area contributed by atoms with E-state index in [0.717, 1.165) is 16.5 Å². The molecule has 0 aliphatic heterocycles. The molecule has 5 rings (SSSR count). The van der Waals surface area contributed by atoms with Gasteiger partial charge in [0.15, 0.2) is 0 Å². The van der Waals surface area contributed by atoms with Crippen molar-refractivity contribution in [2.75, 3.05) is 5.32 Å². The quantitative estimate of drug-likeness (QED) is 0.506. The third-order valence-corrected chi connectivity index (χ3v) is 4.82. The van der Waals surface area contributed by atoms with Gasteiger partial charge < -0.3 is 5.32 Å². The number of hydrogen-bond acceptors (Lipinski definition) is 3. The van der Waals surface area contributed by atoms with Gasteiger partial charge in [0, 0.05) is 17.6 Å². The Morgan fingerprint density at radius 2 is 1.90 bits per heavy atom. The number of nitrogens with one attached hydrogen (secondary N) is 1. The van der Waals surface area contributed by atoms with Gasteiger partial charge in [0.2, 0.25) is 0 Å². The molecule has 0 spiro atoms. The maximum atomic E-state index is 13.4. The number of anilines is 1. The lowest BCUT2D eigenvalue weighted by atomic mass is 10.2. The molecule has 3 aromatic heterocycles. The lowest BCUT2D eigenvalue weighted by Gasteiger charge is -2.08. The van der Waals surface area contributed by atoms with Gasteiger partial charge in [-0.25, -0.2) is 9.37 Å². The highest BCUT2D eigenvalue weighted by Gasteiger charge is 2.15. The normalized spacial score (nSPS) is 11.2. The van der Waals surface area contributed by atoms with Gasteiger partial charge in [0.1, 0.15) is 17.2 Å². The van der Waals surface area contributed by atoms with Crippen molar-refractivity contribution < 1.29 is 9.18 Å². The zero-order valence-electron chi connectivity index (χ0n) is 15.3. The van der Waals surface area contributed by atoms with E-state index in [9.17, 15) is 9.18 Å². The van der Waals surface area contributed by atoms with Crippen LogP contribution in [0.4, 0.5) is 10.1 Å². The molecule has 7 heteroatoms. The van der Waals surface area contributed by atoms with Crippen molar-refractivity contribution in [3.8, 4) is 0 Å². The summed E-state index contributed by atoms with van der Waals surface area (Å²) in [4.78, 5) is 16.9. The van der Waals surface area contributed by atoms with Crippen LogP contribution in [0.1, 0.15) is 16.1 Å². The lowest BCUT2D eigenvalue weighted by molar-refractivity contribution is 0.102. The van der Waals surface area contributed by atoms with Gasteiger partial charge in [-0.3, -0.25) is 13.9 Å². The van der Waals surface area contributed by atoms with Gasteiger partial charge in [0.25, 0.3) is 5.91 Å². The van der Waals surface area contributed by atoms with E-state index in [1.165, 1.54) is 24.5 Å². The van der Waals surface area contributed by atoms with E-state index in [1.807, 2.05) is 53.2 Å². The third kappa shape index (κ3) is 3.12. The summed E-state index contributed by atoms with van der Waals surface area (Å²) in [6, 6.07) is 18.3. The third-order valence-electron chi connectivity index (χ3n) is 4.82. The second-order valence-electron chi connectivity index (χ2n) is 6.70. The van der Waals surface area contributed by atoms with Crippen molar-refractivity contribution in [1.82, 2.24) is 19.2 Å². The van der Waals surface area contributed by atoms with Crippen LogP contribution in [0.3, 0.4) is 0 Å². The first-order chi connectivity index (χ1) is 14.2. The maximum Gasteiger partial charge on any atom is 0.274 e. The average Bonchev–Trinajstić information content (AvgIpc) is 3.33. The molecule has 5 aromatic rings. The number of pyridine rings is 1. The molecule has 2 aromatic carbocycles. The number of benzene rings is 2. The van der Waals surface area contributed by atoms with Gasteiger partial charge in [-0.2, -0.15) is 5.10 Å². The Hall–Kier alpha value is -4.00. The van der Waals surface area contributed by atoms with Crippen molar-refractivity contribution in [2.45, 2.75) is 6.54 Å². The topological polar surface area (TPSA) is 64.2 Å². The molecule has 29 heavy (non-hydrogen) atoms. The van der Waals surface area contributed by atoms with Crippen molar-refractivity contribution in [3.63, 3.8) is 0 Å². The minimum atomic E-state index is -0.398. The molecule has 1 N–H and O–H groups in total. The van der Waals surface area contributed by atoms with Crippen LogP contribution in [0.5, 0.6) is 0 Å². The predicted octanol–water partition coefficient (Wildman–Crippen LogP) is 4.12. The summed E-state index contributed by atoms with van der Waals surface area (Å²) in [5.74, 6) is -0.724. The monoisotopic (exact) mass is 385 g/mol. The van der Waals surface area contributed by atoms with Gasteiger partial charge in [0.05, 0.1) is 30.1 Å². The number of nitrogens with zero attached hydrogens (tertiary/aromatic N) is 4. The molecule has 0 bridgehead atoms. The molecule has 1 amide bonds. The van der Waals surface area contributed by atoms with Crippen LogP contribution in [0.15, 0.2) is 79.3 Å². The predicted molar refractivity (Wildman–Crippen MR) is 108 cm³/mol. The Morgan fingerprint density at radius 3 is 2.76 bits per heavy atom. The van der Waals surface area contributed by atoms with Crippen molar-refractivity contribution in [1.29, 1.82) is 0 Å². The molecular formula is C22H16FN5O. The minimum Gasteiger partial charge on any atom is -0.320 e. The number of amides is 1. The Kier molecular flexibility index (Phi) is 4.05. The Balaban J connectivity index is 1.46. The fourth-order valence-electron chi connectivity index (χ4n) is 3.40. The number of carbonyl (C=O) groups is 1. The summed E-state index contributed by atoms with van der Waals surface area (Å²) in [6.45, 7) is 0.639. The van der Waals surface area contributed by atoms with Crippen LogP contribution in [-0.4, -0.2) is 25.1 Å². The number of rotatable bonds is 4. The van der Waals surface area contributed by atoms with Gasteiger partial charge in [-0.1, -0.05) is 36.4 Å². The molecule has 3 heterocycles. The second kappa shape index (κ2) is 6.87.